The molecule has 2 amide bonds. The average molecular weight is 420 g/mol. The van der Waals surface area contributed by atoms with E-state index in [0.29, 0.717) is 10.1 Å². The first-order chi connectivity index (χ1) is 14.5. The lowest BCUT2D eigenvalue weighted by atomic mass is 10.1. The minimum Gasteiger partial charge on any atom is -0.497 e. The molecule has 7 nitrogen and oxygen atoms in total. The predicted octanol–water partition coefficient (Wildman–Crippen LogP) is 3.37. The predicted molar refractivity (Wildman–Crippen MR) is 120 cm³/mol. The topological polar surface area (TPSA) is 89.9 Å². The number of fused-ring (bicyclic) bond motifs is 1. The van der Waals surface area contributed by atoms with Crippen molar-refractivity contribution in [3.63, 3.8) is 0 Å². The van der Waals surface area contributed by atoms with Gasteiger partial charge in [-0.1, -0.05) is 18.2 Å². The number of amidine groups is 1. The molecule has 2 aromatic carbocycles. The Labute approximate surface area is 177 Å². The van der Waals surface area contributed by atoms with Gasteiger partial charge >= 0.3 is 0 Å². The van der Waals surface area contributed by atoms with Gasteiger partial charge in [0.2, 0.25) is 5.91 Å². The second-order valence-electron chi connectivity index (χ2n) is 6.76. The molecular formula is C22H20N4O3S. The molecule has 30 heavy (non-hydrogen) atoms. The number of amides is 2. The molecule has 0 unspecified atom stereocenters. The zero-order valence-electron chi connectivity index (χ0n) is 16.5. The Morgan fingerprint density at radius 2 is 1.93 bits per heavy atom. The van der Waals surface area contributed by atoms with E-state index in [1.54, 1.807) is 18.7 Å². The van der Waals surface area contributed by atoms with Crippen LogP contribution in [0.2, 0.25) is 0 Å². The molecule has 0 aliphatic carbocycles. The van der Waals surface area contributed by atoms with Crippen molar-refractivity contribution in [1.82, 2.24) is 9.47 Å². The fourth-order valence-corrected chi connectivity index (χ4v) is 4.23. The lowest BCUT2D eigenvalue weighted by Gasteiger charge is -2.07. The highest BCUT2D eigenvalue weighted by Gasteiger charge is 2.30. The van der Waals surface area contributed by atoms with Crippen LogP contribution in [0.15, 0.2) is 64.6 Å². The Morgan fingerprint density at radius 1 is 1.20 bits per heavy atom. The van der Waals surface area contributed by atoms with E-state index in [-0.39, 0.29) is 12.5 Å². The molecule has 0 bridgehead atoms. The molecule has 1 fully saturated rings. The second-order valence-corrected chi connectivity index (χ2v) is 7.77. The molecule has 0 atom stereocenters. The number of hydrogen-bond acceptors (Lipinski definition) is 5. The molecule has 3 aromatic rings. The normalized spacial score (nSPS) is 16.7. The standard InChI is InChI=1S/C22H20N4O3S/c1-25-21(28)19(30-22(25)24-15-7-9-16(29-2)10-8-15)11-14-12-26(13-20(23)27)18-6-4-3-5-17(14)18/h3-12H,13H2,1-2H3,(H2,23,27)/b19-11-,24-22?. The van der Waals surface area contributed by atoms with E-state index in [9.17, 15) is 9.59 Å². The lowest BCUT2D eigenvalue weighted by Crippen LogP contribution is -2.23. The van der Waals surface area contributed by atoms with Crippen molar-refractivity contribution in [2.45, 2.75) is 6.54 Å². The van der Waals surface area contributed by atoms with Gasteiger partial charge in [-0.15, -0.1) is 0 Å². The number of ether oxygens (including phenoxy) is 1. The summed E-state index contributed by atoms with van der Waals surface area (Å²) in [5, 5.41) is 1.54. The number of nitrogens with two attached hydrogens (primary N) is 1. The highest BCUT2D eigenvalue weighted by Crippen LogP contribution is 2.35. The maximum absolute atomic E-state index is 12.8. The molecule has 2 N–H and O–H groups in total. The number of carbonyl (C=O) groups is 2. The van der Waals surface area contributed by atoms with Crippen LogP contribution in [0, 0.1) is 0 Å². The van der Waals surface area contributed by atoms with E-state index in [4.69, 9.17) is 10.5 Å². The van der Waals surface area contributed by atoms with Crippen molar-refractivity contribution in [2.75, 3.05) is 14.2 Å². The van der Waals surface area contributed by atoms with Gasteiger partial charge in [0.1, 0.15) is 12.3 Å². The largest absolute Gasteiger partial charge is 0.497 e. The summed E-state index contributed by atoms with van der Waals surface area (Å²) < 4.78 is 6.96. The molecule has 2 heterocycles. The summed E-state index contributed by atoms with van der Waals surface area (Å²) in [5.74, 6) is 0.198. The number of para-hydroxylation sites is 1. The van der Waals surface area contributed by atoms with Gasteiger partial charge in [-0.3, -0.25) is 14.5 Å². The molecule has 1 aliphatic heterocycles. The van der Waals surface area contributed by atoms with E-state index < -0.39 is 5.91 Å². The third-order valence-electron chi connectivity index (χ3n) is 4.73. The van der Waals surface area contributed by atoms with Crippen LogP contribution in [0.25, 0.3) is 17.0 Å². The molecular weight excluding hydrogens is 400 g/mol. The number of methoxy groups -OCH3 is 1. The summed E-state index contributed by atoms with van der Waals surface area (Å²) in [6.07, 6.45) is 3.68. The molecule has 1 aromatic heterocycles. The monoisotopic (exact) mass is 420 g/mol. The fourth-order valence-electron chi connectivity index (χ4n) is 3.25. The molecule has 0 radical (unpaired) electrons. The molecule has 0 spiro atoms. The summed E-state index contributed by atoms with van der Waals surface area (Å²) >= 11 is 1.31. The smallest absolute Gasteiger partial charge is 0.266 e. The Hall–Kier alpha value is -3.52. The van der Waals surface area contributed by atoms with E-state index in [2.05, 4.69) is 4.99 Å². The van der Waals surface area contributed by atoms with Crippen LogP contribution < -0.4 is 10.5 Å². The van der Waals surface area contributed by atoms with E-state index >= 15 is 0 Å². The Kier molecular flexibility index (Phi) is 5.33. The number of likely N-dealkylation sites (N-methyl/N-ethyl adjacent to an activating group) is 1. The quantitative estimate of drug-likeness (QED) is 0.641. The van der Waals surface area contributed by atoms with Gasteiger partial charge in [0.15, 0.2) is 5.17 Å². The molecule has 8 heteroatoms. The minimum atomic E-state index is -0.421. The number of primary amides is 1. The fraction of sp³-hybridized carbons (Fsp3) is 0.136. The van der Waals surface area contributed by atoms with Crippen LogP contribution in [0.1, 0.15) is 5.56 Å². The first kappa shape index (κ1) is 19.8. The molecule has 0 saturated carbocycles. The third kappa shape index (κ3) is 3.81. The lowest BCUT2D eigenvalue weighted by molar-refractivity contribution is -0.121. The Bertz CT molecular complexity index is 1190. The van der Waals surface area contributed by atoms with Crippen molar-refractivity contribution in [3.05, 3.63) is 65.2 Å². The highest BCUT2D eigenvalue weighted by atomic mass is 32.2. The van der Waals surface area contributed by atoms with Crippen LogP contribution in [-0.2, 0) is 16.1 Å². The second kappa shape index (κ2) is 8.08. The summed E-state index contributed by atoms with van der Waals surface area (Å²) in [6.45, 7) is 0.0782. The zero-order valence-corrected chi connectivity index (χ0v) is 17.3. The summed E-state index contributed by atoms with van der Waals surface area (Å²) in [5.41, 5.74) is 7.85. The SMILES string of the molecule is COc1ccc(N=C2S/C(=C\c3cn(CC(N)=O)c4ccccc34)C(=O)N2C)cc1. The van der Waals surface area contributed by atoms with Gasteiger partial charge < -0.3 is 15.0 Å². The summed E-state index contributed by atoms with van der Waals surface area (Å²) in [4.78, 5) is 30.9. The number of hydrogen-bond donors (Lipinski definition) is 1. The maximum Gasteiger partial charge on any atom is 0.266 e. The van der Waals surface area contributed by atoms with Gasteiger partial charge in [-0.25, -0.2) is 4.99 Å². The van der Waals surface area contributed by atoms with Crippen molar-refractivity contribution < 1.29 is 14.3 Å². The van der Waals surface area contributed by atoms with Crippen molar-refractivity contribution in [1.29, 1.82) is 0 Å². The van der Waals surface area contributed by atoms with E-state index in [0.717, 1.165) is 27.9 Å². The van der Waals surface area contributed by atoms with Crippen LogP contribution in [0.4, 0.5) is 5.69 Å². The number of aromatic nitrogens is 1. The first-order valence-electron chi connectivity index (χ1n) is 9.23. The van der Waals surface area contributed by atoms with Crippen molar-refractivity contribution in [3.8, 4) is 5.75 Å². The van der Waals surface area contributed by atoms with Gasteiger partial charge in [0, 0.05) is 29.7 Å². The van der Waals surface area contributed by atoms with Gasteiger partial charge in [-0.2, -0.15) is 0 Å². The third-order valence-corrected chi connectivity index (χ3v) is 5.79. The molecule has 152 valence electrons. The maximum atomic E-state index is 12.8. The number of nitrogens with zero attached hydrogens (tertiary/aromatic N) is 3. The van der Waals surface area contributed by atoms with Crippen LogP contribution in [0.5, 0.6) is 5.75 Å². The van der Waals surface area contributed by atoms with E-state index in [1.165, 1.54) is 16.7 Å². The number of rotatable bonds is 5. The van der Waals surface area contributed by atoms with Gasteiger partial charge in [0.25, 0.3) is 5.91 Å². The van der Waals surface area contributed by atoms with Crippen LogP contribution in [0.3, 0.4) is 0 Å². The van der Waals surface area contributed by atoms with Crippen LogP contribution >= 0.6 is 11.8 Å². The molecule has 4 rings (SSSR count). The Balaban J connectivity index is 1.68. The van der Waals surface area contributed by atoms with Gasteiger partial charge in [0.05, 0.1) is 17.7 Å². The zero-order chi connectivity index (χ0) is 21.3. The van der Waals surface area contributed by atoms with Crippen molar-refractivity contribution >= 4 is 51.4 Å². The van der Waals surface area contributed by atoms with Crippen LogP contribution in [-0.4, -0.2) is 40.6 Å². The van der Waals surface area contributed by atoms with Crippen molar-refractivity contribution in [2.24, 2.45) is 10.7 Å². The van der Waals surface area contributed by atoms with E-state index in [1.807, 2.05) is 60.8 Å². The highest BCUT2D eigenvalue weighted by molar-refractivity contribution is 8.18. The number of carbonyl (C=O) groups excluding carboxylic acids is 2. The summed E-state index contributed by atoms with van der Waals surface area (Å²) in [6, 6.07) is 15.0. The Morgan fingerprint density at radius 3 is 2.63 bits per heavy atom. The average Bonchev–Trinajstić information content (AvgIpc) is 3.21. The molecule has 1 saturated heterocycles. The number of benzene rings is 2. The minimum absolute atomic E-state index is 0.0782. The number of thioether (sulfide) groups is 1. The number of aliphatic imine (C=N–C) groups is 1. The van der Waals surface area contributed by atoms with Gasteiger partial charge in [-0.05, 0) is 48.2 Å². The first-order valence-corrected chi connectivity index (χ1v) is 10.0. The summed E-state index contributed by atoms with van der Waals surface area (Å²) in [7, 11) is 3.31. The molecule has 1 aliphatic rings.